The Morgan fingerprint density at radius 2 is 1.95 bits per heavy atom. The van der Waals surface area contributed by atoms with Crippen LogP contribution >= 0.6 is 27.5 Å². The summed E-state index contributed by atoms with van der Waals surface area (Å²) in [4.78, 5) is 12.3. The van der Waals surface area contributed by atoms with Crippen molar-refractivity contribution in [2.75, 3.05) is 12.1 Å². The van der Waals surface area contributed by atoms with Gasteiger partial charge in [0.05, 0.1) is 10.7 Å². The van der Waals surface area contributed by atoms with E-state index in [4.69, 9.17) is 21.1 Å². The van der Waals surface area contributed by atoms with Crippen molar-refractivity contribution in [1.82, 2.24) is 0 Å². The van der Waals surface area contributed by atoms with Gasteiger partial charge in [0, 0.05) is 22.2 Å². The van der Waals surface area contributed by atoms with Crippen LogP contribution in [0.25, 0.3) is 0 Å². The second kappa shape index (κ2) is 5.58. The number of halogens is 2. The van der Waals surface area contributed by atoms with Gasteiger partial charge in [-0.3, -0.25) is 4.79 Å². The highest BCUT2D eigenvalue weighted by Gasteiger charge is 2.18. The van der Waals surface area contributed by atoms with Gasteiger partial charge in [0.25, 0.3) is 5.91 Å². The monoisotopic (exact) mass is 367 g/mol. The molecule has 2 aromatic rings. The molecule has 1 N–H and O–H groups in total. The largest absolute Gasteiger partial charge is 0.454 e. The van der Waals surface area contributed by atoms with E-state index in [9.17, 15) is 4.79 Å². The average Bonchev–Trinajstić information content (AvgIpc) is 2.89. The van der Waals surface area contributed by atoms with Crippen LogP contribution < -0.4 is 14.8 Å². The highest BCUT2D eigenvalue weighted by molar-refractivity contribution is 9.10. The number of carbonyl (C=O) groups is 1. The van der Waals surface area contributed by atoms with Gasteiger partial charge >= 0.3 is 0 Å². The Kier molecular flexibility index (Phi) is 3.78. The zero-order valence-electron chi connectivity index (χ0n) is 11.1. The molecular formula is C15H11BrClNO3. The average molecular weight is 369 g/mol. The molecule has 6 heteroatoms. The van der Waals surface area contributed by atoms with Crippen LogP contribution in [0.5, 0.6) is 11.5 Å². The van der Waals surface area contributed by atoms with E-state index in [0.717, 1.165) is 10.0 Å². The van der Waals surface area contributed by atoms with Crippen molar-refractivity contribution in [1.29, 1.82) is 0 Å². The first-order valence-corrected chi connectivity index (χ1v) is 7.38. The SMILES string of the molecule is Cc1cc(C(=O)Nc2cc3c(cc2Cl)OCO3)ccc1Br. The Balaban J connectivity index is 1.86. The van der Waals surface area contributed by atoms with Gasteiger partial charge in [-0.15, -0.1) is 0 Å². The second-order valence-corrected chi connectivity index (χ2v) is 5.86. The fourth-order valence-corrected chi connectivity index (χ4v) is 2.44. The van der Waals surface area contributed by atoms with Gasteiger partial charge in [-0.1, -0.05) is 27.5 Å². The lowest BCUT2D eigenvalue weighted by Gasteiger charge is -2.09. The molecule has 1 amide bonds. The smallest absolute Gasteiger partial charge is 0.255 e. The standard InChI is InChI=1S/C15H11BrClNO3/c1-8-4-9(2-3-10(8)16)15(19)18-12-6-14-13(5-11(12)17)20-7-21-14/h2-6H,7H2,1H3,(H,18,19). The van der Waals surface area contributed by atoms with Gasteiger partial charge in [0.2, 0.25) is 6.79 Å². The molecule has 2 aromatic carbocycles. The van der Waals surface area contributed by atoms with Gasteiger partial charge < -0.3 is 14.8 Å². The van der Waals surface area contributed by atoms with Crippen molar-refractivity contribution in [2.24, 2.45) is 0 Å². The molecule has 0 atom stereocenters. The van der Waals surface area contributed by atoms with E-state index in [-0.39, 0.29) is 12.7 Å². The molecule has 0 aromatic heterocycles. The van der Waals surface area contributed by atoms with Crippen LogP contribution in [0.4, 0.5) is 5.69 Å². The predicted molar refractivity (Wildman–Crippen MR) is 84.4 cm³/mol. The number of ether oxygens (including phenoxy) is 2. The highest BCUT2D eigenvalue weighted by Crippen LogP contribution is 2.39. The first-order valence-electron chi connectivity index (χ1n) is 6.21. The number of fused-ring (bicyclic) bond motifs is 1. The topological polar surface area (TPSA) is 47.6 Å². The summed E-state index contributed by atoms with van der Waals surface area (Å²) < 4.78 is 11.5. The molecule has 21 heavy (non-hydrogen) atoms. The first-order chi connectivity index (χ1) is 10.0. The highest BCUT2D eigenvalue weighted by atomic mass is 79.9. The van der Waals surface area contributed by atoms with E-state index in [2.05, 4.69) is 21.2 Å². The molecule has 0 fully saturated rings. The molecule has 0 aliphatic carbocycles. The van der Waals surface area contributed by atoms with Crippen LogP contribution in [0, 0.1) is 6.92 Å². The summed E-state index contributed by atoms with van der Waals surface area (Å²) in [5, 5.41) is 3.19. The van der Waals surface area contributed by atoms with E-state index in [0.29, 0.717) is 27.8 Å². The third kappa shape index (κ3) is 2.84. The molecule has 0 saturated heterocycles. The van der Waals surface area contributed by atoms with Gasteiger partial charge in [0.15, 0.2) is 11.5 Å². The fraction of sp³-hybridized carbons (Fsp3) is 0.133. The number of hydrogen-bond acceptors (Lipinski definition) is 3. The number of nitrogens with one attached hydrogen (secondary N) is 1. The summed E-state index contributed by atoms with van der Waals surface area (Å²) in [7, 11) is 0. The Labute approximate surface area is 135 Å². The summed E-state index contributed by atoms with van der Waals surface area (Å²) in [5.41, 5.74) is 2.04. The van der Waals surface area contributed by atoms with Crippen LogP contribution in [0.15, 0.2) is 34.8 Å². The maximum atomic E-state index is 12.3. The third-order valence-electron chi connectivity index (χ3n) is 3.13. The van der Waals surface area contributed by atoms with Crippen molar-refractivity contribution in [3.63, 3.8) is 0 Å². The lowest BCUT2D eigenvalue weighted by molar-refractivity contribution is 0.102. The zero-order chi connectivity index (χ0) is 15.0. The number of aryl methyl sites for hydroxylation is 1. The molecule has 0 radical (unpaired) electrons. The second-order valence-electron chi connectivity index (χ2n) is 4.60. The minimum atomic E-state index is -0.230. The molecule has 3 rings (SSSR count). The summed E-state index contributed by atoms with van der Waals surface area (Å²) in [6.45, 7) is 2.09. The molecule has 108 valence electrons. The number of rotatable bonds is 2. The Morgan fingerprint density at radius 3 is 2.67 bits per heavy atom. The van der Waals surface area contributed by atoms with E-state index in [1.165, 1.54) is 0 Å². The maximum absolute atomic E-state index is 12.3. The Bertz CT molecular complexity index is 733. The number of anilines is 1. The molecule has 0 saturated carbocycles. The summed E-state index contributed by atoms with van der Waals surface area (Å²) in [6, 6.07) is 8.68. The summed E-state index contributed by atoms with van der Waals surface area (Å²) in [5.74, 6) is 0.922. The lowest BCUT2D eigenvalue weighted by Crippen LogP contribution is -2.12. The summed E-state index contributed by atoms with van der Waals surface area (Å²) in [6.07, 6.45) is 0. The number of carbonyl (C=O) groups excluding carboxylic acids is 1. The minimum Gasteiger partial charge on any atom is -0.454 e. The molecule has 1 heterocycles. The van der Waals surface area contributed by atoms with E-state index < -0.39 is 0 Å². The van der Waals surface area contributed by atoms with Gasteiger partial charge in [0.1, 0.15) is 0 Å². The van der Waals surface area contributed by atoms with Crippen molar-refractivity contribution >= 4 is 39.1 Å². The Hall–Kier alpha value is -1.72. The van der Waals surface area contributed by atoms with Crippen LogP contribution in [0.1, 0.15) is 15.9 Å². The number of amides is 1. The molecule has 0 unspecified atom stereocenters. The van der Waals surface area contributed by atoms with Crippen molar-refractivity contribution < 1.29 is 14.3 Å². The van der Waals surface area contributed by atoms with Gasteiger partial charge in [-0.05, 0) is 30.7 Å². The molecule has 1 aliphatic heterocycles. The molecule has 0 spiro atoms. The number of hydrogen-bond donors (Lipinski definition) is 1. The molecule has 4 nitrogen and oxygen atoms in total. The number of benzene rings is 2. The lowest BCUT2D eigenvalue weighted by atomic mass is 10.1. The quantitative estimate of drug-likeness (QED) is 0.855. The van der Waals surface area contributed by atoms with Crippen LogP contribution in [-0.4, -0.2) is 12.7 Å². The van der Waals surface area contributed by atoms with Crippen molar-refractivity contribution in [3.8, 4) is 11.5 Å². The van der Waals surface area contributed by atoms with Crippen molar-refractivity contribution in [3.05, 3.63) is 51.0 Å². The van der Waals surface area contributed by atoms with Crippen LogP contribution in [0.3, 0.4) is 0 Å². The van der Waals surface area contributed by atoms with E-state index in [1.54, 1.807) is 24.3 Å². The van der Waals surface area contributed by atoms with E-state index >= 15 is 0 Å². The summed E-state index contributed by atoms with van der Waals surface area (Å²) >= 11 is 9.55. The predicted octanol–water partition coefficient (Wildman–Crippen LogP) is 4.39. The minimum absolute atomic E-state index is 0.162. The normalized spacial score (nSPS) is 12.3. The zero-order valence-corrected chi connectivity index (χ0v) is 13.4. The van der Waals surface area contributed by atoms with E-state index in [1.807, 2.05) is 13.0 Å². The van der Waals surface area contributed by atoms with Crippen LogP contribution in [0.2, 0.25) is 5.02 Å². The van der Waals surface area contributed by atoms with Crippen LogP contribution in [-0.2, 0) is 0 Å². The van der Waals surface area contributed by atoms with Crippen molar-refractivity contribution in [2.45, 2.75) is 6.92 Å². The van der Waals surface area contributed by atoms with Gasteiger partial charge in [-0.25, -0.2) is 0 Å². The first kappa shape index (κ1) is 14.2. The molecule has 1 aliphatic rings. The molecular weight excluding hydrogens is 358 g/mol. The fourth-order valence-electron chi connectivity index (χ4n) is 1.99. The third-order valence-corrected chi connectivity index (χ3v) is 4.33. The Morgan fingerprint density at radius 1 is 1.24 bits per heavy atom. The molecule has 0 bridgehead atoms. The van der Waals surface area contributed by atoms with Gasteiger partial charge in [-0.2, -0.15) is 0 Å². The maximum Gasteiger partial charge on any atom is 0.255 e.